The van der Waals surface area contributed by atoms with E-state index < -0.39 is 0 Å². The molecule has 2 aromatic carbocycles. The first-order valence-corrected chi connectivity index (χ1v) is 7.98. The fraction of sp³-hybridized carbons (Fsp3) is 0.211. The number of H-pyrrole nitrogens is 1. The number of para-hydroxylation sites is 2. The molecule has 0 saturated heterocycles. The first-order valence-electron chi connectivity index (χ1n) is 7.98. The van der Waals surface area contributed by atoms with Gasteiger partial charge in [0.25, 0.3) is 0 Å². The van der Waals surface area contributed by atoms with Crippen molar-refractivity contribution in [2.45, 2.75) is 13.0 Å². The molecule has 0 aliphatic carbocycles. The van der Waals surface area contributed by atoms with Crippen molar-refractivity contribution in [1.29, 1.82) is 0 Å². The van der Waals surface area contributed by atoms with E-state index in [1.54, 1.807) is 7.11 Å². The van der Waals surface area contributed by atoms with Crippen molar-refractivity contribution in [3.63, 3.8) is 0 Å². The highest BCUT2D eigenvalue weighted by molar-refractivity contribution is 8.93. The van der Waals surface area contributed by atoms with Crippen LogP contribution in [0.1, 0.15) is 11.1 Å². The van der Waals surface area contributed by atoms with Gasteiger partial charge in [0.15, 0.2) is 5.96 Å². The summed E-state index contributed by atoms with van der Waals surface area (Å²) < 4.78 is 5.32. The highest BCUT2D eigenvalue weighted by Crippen LogP contribution is 2.18. The topological polar surface area (TPSA) is 75.4 Å². The molecule has 0 atom stereocenters. The molecule has 4 N–H and O–H groups in total. The number of guanidine groups is 1. The Balaban J connectivity index is 0.00000225. The summed E-state index contributed by atoms with van der Waals surface area (Å²) in [7, 11) is 1.66. The van der Waals surface area contributed by atoms with E-state index in [0.717, 1.165) is 24.3 Å². The average molecular weight is 403 g/mol. The summed E-state index contributed by atoms with van der Waals surface area (Å²) in [6, 6.07) is 16.2. The summed E-state index contributed by atoms with van der Waals surface area (Å²) >= 11 is 0. The minimum Gasteiger partial charge on any atom is -0.496 e. The first-order chi connectivity index (χ1) is 11.8. The molecule has 0 radical (unpaired) electrons. The lowest BCUT2D eigenvalue weighted by atomic mass is 10.1. The quantitative estimate of drug-likeness (QED) is 0.436. The van der Waals surface area contributed by atoms with E-state index >= 15 is 0 Å². The zero-order valence-corrected chi connectivity index (χ0v) is 15.9. The molecule has 3 aromatic rings. The number of benzene rings is 2. The lowest BCUT2D eigenvalue weighted by molar-refractivity contribution is 0.410. The fourth-order valence-corrected chi connectivity index (χ4v) is 2.74. The van der Waals surface area contributed by atoms with Gasteiger partial charge in [-0.15, -0.1) is 17.0 Å². The third-order valence-corrected chi connectivity index (χ3v) is 3.99. The Bertz CT molecular complexity index is 844. The van der Waals surface area contributed by atoms with E-state index in [0.29, 0.717) is 12.5 Å². The molecular formula is C19H23BrN4O. The average Bonchev–Trinajstić information content (AvgIpc) is 3.10. The van der Waals surface area contributed by atoms with Gasteiger partial charge in [0.2, 0.25) is 0 Å². The largest absolute Gasteiger partial charge is 0.496 e. The van der Waals surface area contributed by atoms with Crippen LogP contribution < -0.4 is 15.8 Å². The van der Waals surface area contributed by atoms with Crippen LogP contribution in [0.4, 0.5) is 0 Å². The van der Waals surface area contributed by atoms with E-state index in [4.69, 9.17) is 10.5 Å². The SMILES string of the molecule is Br.COc1ccccc1CN=C(N)NCCc1cccc2cc[nH]c12. The normalized spacial score (nSPS) is 11.2. The molecule has 3 rings (SSSR count). The van der Waals surface area contributed by atoms with Gasteiger partial charge in [0, 0.05) is 23.8 Å². The molecule has 0 fully saturated rings. The van der Waals surface area contributed by atoms with Crippen molar-refractivity contribution < 1.29 is 4.74 Å². The summed E-state index contributed by atoms with van der Waals surface area (Å²) in [5, 5.41) is 4.40. The minimum atomic E-state index is 0. The van der Waals surface area contributed by atoms with Crippen LogP contribution in [0.2, 0.25) is 0 Å². The molecule has 0 spiro atoms. The number of halogens is 1. The van der Waals surface area contributed by atoms with Gasteiger partial charge in [-0.2, -0.15) is 0 Å². The number of fused-ring (bicyclic) bond motifs is 1. The van der Waals surface area contributed by atoms with E-state index in [1.165, 1.54) is 16.5 Å². The number of aromatic amines is 1. The van der Waals surface area contributed by atoms with E-state index in [1.807, 2.05) is 30.5 Å². The van der Waals surface area contributed by atoms with Crippen molar-refractivity contribution in [3.05, 3.63) is 65.9 Å². The number of methoxy groups -OCH3 is 1. The van der Waals surface area contributed by atoms with Gasteiger partial charge < -0.3 is 20.8 Å². The molecule has 0 aliphatic rings. The van der Waals surface area contributed by atoms with Gasteiger partial charge in [-0.05, 0) is 29.5 Å². The Labute approximate surface area is 158 Å². The lowest BCUT2D eigenvalue weighted by Crippen LogP contribution is -2.33. The second-order valence-corrected chi connectivity index (χ2v) is 5.55. The molecule has 0 bridgehead atoms. The zero-order chi connectivity index (χ0) is 16.8. The molecule has 132 valence electrons. The first kappa shape index (κ1) is 18.9. The monoisotopic (exact) mass is 402 g/mol. The van der Waals surface area contributed by atoms with Gasteiger partial charge in [0.1, 0.15) is 5.75 Å². The minimum absolute atomic E-state index is 0. The van der Waals surface area contributed by atoms with E-state index in [-0.39, 0.29) is 17.0 Å². The van der Waals surface area contributed by atoms with Crippen molar-refractivity contribution in [2.24, 2.45) is 10.7 Å². The Morgan fingerprint density at radius 1 is 1.12 bits per heavy atom. The number of hydrogen-bond acceptors (Lipinski definition) is 2. The fourth-order valence-electron chi connectivity index (χ4n) is 2.74. The lowest BCUT2D eigenvalue weighted by Gasteiger charge is -2.08. The number of rotatable bonds is 6. The summed E-state index contributed by atoms with van der Waals surface area (Å²) in [5.74, 6) is 1.27. The molecule has 25 heavy (non-hydrogen) atoms. The number of hydrogen-bond donors (Lipinski definition) is 3. The second-order valence-electron chi connectivity index (χ2n) is 5.55. The predicted octanol–water partition coefficient (Wildman–Crippen LogP) is 3.40. The number of aromatic nitrogens is 1. The van der Waals surface area contributed by atoms with Gasteiger partial charge in [-0.1, -0.05) is 36.4 Å². The molecule has 5 nitrogen and oxygen atoms in total. The number of nitrogens with one attached hydrogen (secondary N) is 2. The molecule has 1 heterocycles. The van der Waals surface area contributed by atoms with Crippen LogP contribution in [0.25, 0.3) is 10.9 Å². The molecule has 0 unspecified atom stereocenters. The maximum atomic E-state index is 5.96. The number of ether oxygens (including phenoxy) is 1. The van der Waals surface area contributed by atoms with Crippen LogP contribution in [0, 0.1) is 0 Å². The Morgan fingerprint density at radius 2 is 1.92 bits per heavy atom. The summed E-state index contributed by atoms with van der Waals surface area (Å²) in [5.41, 5.74) is 9.43. The zero-order valence-electron chi connectivity index (χ0n) is 14.2. The van der Waals surface area contributed by atoms with Gasteiger partial charge in [-0.25, -0.2) is 4.99 Å². The van der Waals surface area contributed by atoms with Crippen LogP contribution in [0.3, 0.4) is 0 Å². The van der Waals surface area contributed by atoms with Gasteiger partial charge >= 0.3 is 0 Å². The van der Waals surface area contributed by atoms with Crippen LogP contribution in [0.15, 0.2) is 59.7 Å². The Kier molecular flexibility index (Phi) is 6.89. The van der Waals surface area contributed by atoms with E-state index in [2.05, 4.69) is 39.6 Å². The Hall–Kier alpha value is -2.47. The summed E-state index contributed by atoms with van der Waals surface area (Å²) in [4.78, 5) is 7.66. The highest BCUT2D eigenvalue weighted by Gasteiger charge is 2.03. The van der Waals surface area contributed by atoms with Crippen molar-refractivity contribution in [1.82, 2.24) is 10.3 Å². The predicted molar refractivity (Wildman–Crippen MR) is 109 cm³/mol. The van der Waals surface area contributed by atoms with Crippen LogP contribution in [-0.2, 0) is 13.0 Å². The second kappa shape index (κ2) is 9.13. The molecule has 0 amide bonds. The summed E-state index contributed by atoms with van der Waals surface area (Å²) in [6.45, 7) is 1.23. The standard InChI is InChI=1S/C19H22N4O.BrH/c1-24-17-8-3-2-5-16(17)13-23-19(20)22-12-10-15-7-4-6-14-9-11-21-18(14)15;/h2-9,11,21H,10,12-13H2,1H3,(H3,20,22,23);1H. The van der Waals surface area contributed by atoms with E-state index in [9.17, 15) is 0 Å². The van der Waals surface area contributed by atoms with Gasteiger partial charge in [-0.3, -0.25) is 0 Å². The van der Waals surface area contributed by atoms with Crippen molar-refractivity contribution in [3.8, 4) is 5.75 Å². The maximum absolute atomic E-state index is 5.96. The molecule has 0 aliphatic heterocycles. The number of nitrogens with zero attached hydrogens (tertiary/aromatic N) is 1. The van der Waals surface area contributed by atoms with Gasteiger partial charge in [0.05, 0.1) is 13.7 Å². The van der Waals surface area contributed by atoms with Crippen LogP contribution in [0.5, 0.6) is 5.75 Å². The summed E-state index contributed by atoms with van der Waals surface area (Å²) in [6.07, 6.45) is 2.84. The molecule has 0 saturated carbocycles. The van der Waals surface area contributed by atoms with Crippen molar-refractivity contribution in [2.75, 3.05) is 13.7 Å². The Morgan fingerprint density at radius 3 is 2.76 bits per heavy atom. The van der Waals surface area contributed by atoms with Crippen LogP contribution in [-0.4, -0.2) is 24.6 Å². The number of nitrogens with two attached hydrogens (primary N) is 1. The number of aliphatic imine (C=N–C) groups is 1. The van der Waals surface area contributed by atoms with Crippen LogP contribution >= 0.6 is 17.0 Å². The third-order valence-electron chi connectivity index (χ3n) is 3.99. The third kappa shape index (κ3) is 4.76. The smallest absolute Gasteiger partial charge is 0.188 e. The van der Waals surface area contributed by atoms with Crippen molar-refractivity contribution >= 4 is 33.8 Å². The maximum Gasteiger partial charge on any atom is 0.188 e. The molecule has 1 aromatic heterocycles. The molecular weight excluding hydrogens is 380 g/mol. The molecule has 6 heteroatoms. The highest BCUT2D eigenvalue weighted by atomic mass is 79.9.